The van der Waals surface area contributed by atoms with Gasteiger partial charge in [-0.3, -0.25) is 0 Å². The van der Waals surface area contributed by atoms with Crippen LogP contribution in [0.4, 0.5) is 0 Å². The van der Waals surface area contributed by atoms with Gasteiger partial charge in [0, 0.05) is 22.2 Å². The molecule has 2 heterocycles. The van der Waals surface area contributed by atoms with Crippen LogP contribution in [0.25, 0.3) is 0 Å². The van der Waals surface area contributed by atoms with Crippen LogP contribution in [0.3, 0.4) is 0 Å². The quantitative estimate of drug-likeness (QED) is 0.795. The molecule has 3 N–H and O–H groups in total. The third kappa shape index (κ3) is 2.34. The monoisotopic (exact) mass is 368 g/mol. The van der Waals surface area contributed by atoms with E-state index in [2.05, 4.69) is 20.9 Å². The number of hydrogen-bond acceptors (Lipinski definition) is 4. The van der Waals surface area contributed by atoms with Crippen molar-refractivity contribution in [2.45, 2.75) is 18.9 Å². The van der Waals surface area contributed by atoms with Crippen LogP contribution in [0.15, 0.2) is 28.7 Å². The average Bonchev–Trinajstić information content (AvgIpc) is 2.42. The summed E-state index contributed by atoms with van der Waals surface area (Å²) < 4.78 is 6.86. The van der Waals surface area contributed by atoms with Gasteiger partial charge in [0.15, 0.2) is 5.75 Å². The first-order valence-electron chi connectivity index (χ1n) is 6.51. The van der Waals surface area contributed by atoms with Gasteiger partial charge in [-0.15, -0.1) is 0 Å². The number of aliphatic hydroxyl groups is 1. The van der Waals surface area contributed by atoms with Crippen molar-refractivity contribution in [3.05, 3.63) is 50.7 Å². The van der Waals surface area contributed by atoms with Crippen molar-refractivity contribution in [1.82, 2.24) is 4.98 Å². The molecule has 3 rings (SSSR count). The molecule has 1 aromatic carbocycles. The second-order valence-electron chi connectivity index (χ2n) is 5.09. The molecule has 0 fully saturated rings. The van der Waals surface area contributed by atoms with Gasteiger partial charge in [-0.25, -0.2) is 4.98 Å². The summed E-state index contributed by atoms with van der Waals surface area (Å²) in [4.78, 5) is 4.22. The van der Waals surface area contributed by atoms with Crippen molar-refractivity contribution in [3.63, 3.8) is 0 Å². The molecule has 0 radical (unpaired) electrons. The zero-order valence-electron chi connectivity index (χ0n) is 11.4. The summed E-state index contributed by atoms with van der Waals surface area (Å²) in [6, 6.07) is 7.37. The maximum absolute atomic E-state index is 9.46. The van der Waals surface area contributed by atoms with Gasteiger partial charge in [-0.2, -0.15) is 0 Å². The third-order valence-electron chi connectivity index (χ3n) is 3.73. The minimum atomic E-state index is -0.862. The minimum Gasteiger partial charge on any atom is -0.455 e. The van der Waals surface area contributed by atoms with Crippen molar-refractivity contribution >= 4 is 27.5 Å². The lowest BCUT2D eigenvalue weighted by Crippen LogP contribution is -2.41. The molecule has 6 heteroatoms. The zero-order chi connectivity index (χ0) is 15.2. The number of halogens is 2. The smallest absolute Gasteiger partial charge is 0.154 e. The van der Waals surface area contributed by atoms with E-state index < -0.39 is 5.54 Å². The number of nitrogens with zero attached hydrogens (tertiary/aromatic N) is 1. The number of fused-ring (bicyclic) bond motifs is 2. The third-order valence-corrected chi connectivity index (χ3v) is 4.42. The van der Waals surface area contributed by atoms with Crippen molar-refractivity contribution in [2.24, 2.45) is 5.73 Å². The number of hydrogen-bond donors (Lipinski definition) is 2. The van der Waals surface area contributed by atoms with E-state index in [1.807, 2.05) is 25.1 Å². The van der Waals surface area contributed by atoms with Gasteiger partial charge in [-0.05, 0) is 37.6 Å². The lowest BCUT2D eigenvalue weighted by atomic mass is 9.79. The summed E-state index contributed by atoms with van der Waals surface area (Å²) >= 11 is 9.52. The number of ether oxygens (including phenoxy) is 1. The van der Waals surface area contributed by atoms with Crippen molar-refractivity contribution in [1.29, 1.82) is 0 Å². The second-order valence-corrected chi connectivity index (χ2v) is 6.40. The number of nitrogens with two attached hydrogens (primary N) is 1. The fourth-order valence-corrected chi connectivity index (χ4v) is 3.32. The second kappa shape index (κ2) is 5.25. The molecule has 0 saturated carbocycles. The fourth-order valence-electron chi connectivity index (χ4n) is 2.72. The Labute approximate surface area is 136 Å². The maximum Gasteiger partial charge on any atom is 0.154 e. The van der Waals surface area contributed by atoms with Gasteiger partial charge >= 0.3 is 0 Å². The van der Waals surface area contributed by atoms with Crippen molar-refractivity contribution in [3.8, 4) is 11.5 Å². The van der Waals surface area contributed by atoms with Crippen LogP contribution in [-0.2, 0) is 5.54 Å². The van der Waals surface area contributed by atoms with Gasteiger partial charge < -0.3 is 15.6 Å². The molecule has 4 nitrogen and oxygen atoms in total. The first-order chi connectivity index (χ1) is 9.95. The molecule has 1 aromatic heterocycles. The molecule has 1 aliphatic rings. The van der Waals surface area contributed by atoms with E-state index in [1.165, 1.54) is 0 Å². The first-order valence-corrected chi connectivity index (χ1v) is 7.68. The molecule has 1 unspecified atom stereocenters. The summed E-state index contributed by atoms with van der Waals surface area (Å²) in [5.41, 5.74) is 8.04. The van der Waals surface area contributed by atoms with Crippen LogP contribution >= 0.6 is 27.5 Å². The van der Waals surface area contributed by atoms with E-state index in [-0.39, 0.29) is 6.61 Å². The molecule has 110 valence electrons. The Morgan fingerprint density at radius 3 is 2.86 bits per heavy atom. The molecule has 0 spiro atoms. The van der Waals surface area contributed by atoms with Crippen molar-refractivity contribution in [2.75, 3.05) is 6.61 Å². The Morgan fingerprint density at radius 1 is 1.38 bits per heavy atom. The molecule has 1 aliphatic heterocycles. The number of rotatable bonds is 2. The summed E-state index contributed by atoms with van der Waals surface area (Å²) in [6.45, 7) is 1.79. The average molecular weight is 370 g/mol. The van der Waals surface area contributed by atoms with Crippen LogP contribution in [0, 0.1) is 6.92 Å². The summed E-state index contributed by atoms with van der Waals surface area (Å²) in [5.74, 6) is 1.29. The lowest BCUT2D eigenvalue weighted by Gasteiger charge is -2.37. The number of benzene rings is 1. The lowest BCUT2D eigenvalue weighted by molar-refractivity contribution is 0.246. The van der Waals surface area contributed by atoms with Crippen LogP contribution in [0.5, 0.6) is 11.5 Å². The Morgan fingerprint density at radius 2 is 2.14 bits per heavy atom. The van der Waals surface area contributed by atoms with Crippen LogP contribution in [0.1, 0.15) is 23.2 Å². The molecular weight excluding hydrogens is 356 g/mol. The number of aryl methyl sites for hydroxylation is 1. The van der Waals surface area contributed by atoms with Gasteiger partial charge in [0.1, 0.15) is 10.9 Å². The normalized spacial score (nSPS) is 19.7. The van der Waals surface area contributed by atoms with Crippen LogP contribution in [0.2, 0.25) is 5.15 Å². The molecule has 1 atom stereocenters. The van der Waals surface area contributed by atoms with Crippen molar-refractivity contribution < 1.29 is 9.84 Å². The molecular formula is C15H14BrClN2O2. The highest BCUT2D eigenvalue weighted by atomic mass is 79.9. The molecule has 0 bridgehead atoms. The topological polar surface area (TPSA) is 68.4 Å². The van der Waals surface area contributed by atoms with E-state index >= 15 is 0 Å². The van der Waals surface area contributed by atoms with Crippen LogP contribution in [-0.4, -0.2) is 16.7 Å². The summed E-state index contributed by atoms with van der Waals surface area (Å²) in [7, 11) is 0. The zero-order valence-corrected chi connectivity index (χ0v) is 13.7. The standard InChI is InChI=1S/C15H14BrClN2O2/c1-8-14-11(7-13(17)19-8)15(18,4-5-20)10-6-9(16)2-3-12(10)21-14/h2-3,6-7,20H,4-5,18H2,1H3. The van der Waals surface area contributed by atoms with Gasteiger partial charge in [0.05, 0.1) is 11.2 Å². The predicted octanol–water partition coefficient (Wildman–Crippen LogP) is 3.50. The van der Waals surface area contributed by atoms with Gasteiger partial charge in [-0.1, -0.05) is 27.5 Å². The molecule has 0 aliphatic carbocycles. The van der Waals surface area contributed by atoms with Crippen LogP contribution < -0.4 is 10.5 Å². The van der Waals surface area contributed by atoms with Gasteiger partial charge in [0.2, 0.25) is 0 Å². The van der Waals surface area contributed by atoms with E-state index in [9.17, 15) is 5.11 Å². The molecule has 21 heavy (non-hydrogen) atoms. The van der Waals surface area contributed by atoms with E-state index in [0.29, 0.717) is 28.8 Å². The summed E-state index contributed by atoms with van der Waals surface area (Å²) in [6.07, 6.45) is 0.368. The Balaban J connectivity index is 2.30. The highest BCUT2D eigenvalue weighted by Crippen LogP contribution is 2.49. The molecule has 0 amide bonds. The largest absolute Gasteiger partial charge is 0.455 e. The Kier molecular flexibility index (Phi) is 3.69. The minimum absolute atomic E-state index is 0.0408. The highest BCUT2D eigenvalue weighted by Gasteiger charge is 2.40. The number of aromatic nitrogens is 1. The maximum atomic E-state index is 9.46. The SMILES string of the molecule is Cc1nc(Cl)cc2c1Oc1ccc(Br)cc1C2(N)CCO. The summed E-state index contributed by atoms with van der Waals surface area (Å²) in [5, 5.41) is 9.82. The fraction of sp³-hybridized carbons (Fsp3) is 0.267. The number of aliphatic hydroxyl groups excluding tert-OH is 1. The van der Waals surface area contributed by atoms with E-state index in [1.54, 1.807) is 6.07 Å². The Hall–Kier alpha value is -1.14. The van der Waals surface area contributed by atoms with Gasteiger partial charge in [0.25, 0.3) is 0 Å². The highest BCUT2D eigenvalue weighted by molar-refractivity contribution is 9.10. The van der Waals surface area contributed by atoms with E-state index in [0.717, 1.165) is 15.6 Å². The Bertz CT molecular complexity index is 723. The molecule has 2 aromatic rings. The predicted molar refractivity (Wildman–Crippen MR) is 84.9 cm³/mol. The van der Waals surface area contributed by atoms with E-state index in [4.69, 9.17) is 22.1 Å². The number of pyridine rings is 1. The first kappa shape index (κ1) is 14.8. The molecule has 0 saturated heterocycles.